The molecule has 25 heavy (non-hydrogen) atoms. The number of nitrogens with zero attached hydrogens (tertiary/aromatic N) is 4. The van der Waals surface area contributed by atoms with Crippen LogP contribution >= 0.6 is 0 Å². The van der Waals surface area contributed by atoms with E-state index in [0.717, 1.165) is 43.9 Å². The van der Waals surface area contributed by atoms with Crippen molar-refractivity contribution in [3.05, 3.63) is 42.4 Å². The molecule has 0 aliphatic carbocycles. The molecule has 0 spiro atoms. The van der Waals surface area contributed by atoms with Crippen molar-refractivity contribution in [3.63, 3.8) is 0 Å². The van der Waals surface area contributed by atoms with Crippen LogP contribution in [0, 0.1) is 5.92 Å². The number of carbonyl (C=O) groups excluding carboxylic acids is 1. The fraction of sp³-hybridized carbons (Fsp3) is 0.444. The normalized spacial score (nSPS) is 15.2. The van der Waals surface area contributed by atoms with Crippen LogP contribution in [0.3, 0.4) is 0 Å². The fourth-order valence-electron chi connectivity index (χ4n) is 3.04. The molecule has 3 rings (SSSR count). The summed E-state index contributed by atoms with van der Waals surface area (Å²) in [5, 5.41) is 3.12. The molecule has 7 heteroatoms. The Morgan fingerprint density at radius 2 is 2.00 bits per heavy atom. The summed E-state index contributed by atoms with van der Waals surface area (Å²) in [6.07, 6.45) is 6.29. The molecule has 1 saturated heterocycles. The van der Waals surface area contributed by atoms with E-state index >= 15 is 0 Å². The van der Waals surface area contributed by atoms with Gasteiger partial charge in [-0.2, -0.15) is 0 Å². The van der Waals surface area contributed by atoms with Gasteiger partial charge in [0, 0.05) is 38.3 Å². The molecule has 0 radical (unpaired) electrons. The average molecular weight is 341 g/mol. The van der Waals surface area contributed by atoms with Gasteiger partial charge in [-0.25, -0.2) is 15.0 Å². The second-order valence-electron chi connectivity index (χ2n) is 6.17. The largest absolute Gasteiger partial charge is 0.375 e. The number of likely N-dealkylation sites (tertiary alicyclic amines) is 1. The van der Waals surface area contributed by atoms with Gasteiger partial charge in [0.25, 0.3) is 0 Å². The lowest BCUT2D eigenvalue weighted by atomic mass is 9.92. The molecule has 0 bridgehead atoms. The maximum Gasteiger partial charge on any atom is 0.248 e. The van der Waals surface area contributed by atoms with Crippen molar-refractivity contribution in [1.29, 1.82) is 0 Å². The van der Waals surface area contributed by atoms with Crippen molar-refractivity contribution in [3.8, 4) is 0 Å². The lowest BCUT2D eigenvalue weighted by molar-refractivity contribution is -0.136. The van der Waals surface area contributed by atoms with E-state index in [-0.39, 0.29) is 12.5 Å². The SMILES string of the molecule is COCC(=O)N1CCC(Cc2cccc(Nc3ncccn3)n2)CC1. The number of piperidine rings is 1. The minimum absolute atomic E-state index is 0.0770. The molecule has 0 unspecified atom stereocenters. The van der Waals surface area contributed by atoms with Gasteiger partial charge in [-0.3, -0.25) is 4.79 Å². The Labute approximate surface area is 147 Å². The second kappa shape index (κ2) is 8.53. The molecule has 0 saturated carbocycles. The molecule has 7 nitrogen and oxygen atoms in total. The van der Waals surface area contributed by atoms with E-state index in [1.54, 1.807) is 25.6 Å². The standard InChI is InChI=1S/C18H23N5O2/c1-25-13-17(24)23-10-6-14(7-11-23)12-15-4-2-5-16(21-15)22-18-19-8-3-9-20-18/h2-5,8-9,14H,6-7,10-13H2,1H3,(H,19,20,21,22). The van der Waals surface area contributed by atoms with Gasteiger partial charge in [-0.05, 0) is 43.4 Å². The summed E-state index contributed by atoms with van der Waals surface area (Å²) in [5.74, 6) is 1.91. The highest BCUT2D eigenvalue weighted by Gasteiger charge is 2.23. The van der Waals surface area contributed by atoms with Gasteiger partial charge in [0.05, 0.1) is 0 Å². The minimum Gasteiger partial charge on any atom is -0.375 e. The highest BCUT2D eigenvalue weighted by molar-refractivity contribution is 5.77. The Morgan fingerprint density at radius 1 is 1.24 bits per heavy atom. The third kappa shape index (κ3) is 4.96. The van der Waals surface area contributed by atoms with Gasteiger partial charge in [-0.15, -0.1) is 0 Å². The van der Waals surface area contributed by atoms with Crippen molar-refractivity contribution in [2.45, 2.75) is 19.3 Å². The maximum atomic E-state index is 11.8. The van der Waals surface area contributed by atoms with E-state index in [1.807, 2.05) is 23.1 Å². The Hall–Kier alpha value is -2.54. The number of hydrogen-bond acceptors (Lipinski definition) is 6. The van der Waals surface area contributed by atoms with E-state index in [9.17, 15) is 4.79 Å². The van der Waals surface area contributed by atoms with Crippen LogP contribution in [0.1, 0.15) is 18.5 Å². The van der Waals surface area contributed by atoms with Crippen molar-refractivity contribution in [1.82, 2.24) is 19.9 Å². The molecule has 0 aromatic carbocycles. The number of hydrogen-bond donors (Lipinski definition) is 1. The summed E-state index contributed by atoms with van der Waals surface area (Å²) in [4.78, 5) is 26.7. The number of carbonyl (C=O) groups is 1. The molecular formula is C18H23N5O2. The summed E-state index contributed by atoms with van der Waals surface area (Å²) >= 11 is 0. The number of pyridine rings is 1. The second-order valence-corrected chi connectivity index (χ2v) is 6.17. The first kappa shape index (κ1) is 17.3. The number of methoxy groups -OCH3 is 1. The Morgan fingerprint density at radius 3 is 2.72 bits per heavy atom. The lowest BCUT2D eigenvalue weighted by Crippen LogP contribution is -2.40. The van der Waals surface area contributed by atoms with Gasteiger partial charge in [0.1, 0.15) is 12.4 Å². The van der Waals surface area contributed by atoms with Crippen LogP contribution in [0.5, 0.6) is 0 Å². The third-order valence-electron chi connectivity index (χ3n) is 4.35. The van der Waals surface area contributed by atoms with Crippen LogP contribution in [0.15, 0.2) is 36.7 Å². The van der Waals surface area contributed by atoms with Gasteiger partial charge in [0.15, 0.2) is 0 Å². The molecule has 1 aliphatic heterocycles. The zero-order valence-electron chi connectivity index (χ0n) is 14.4. The number of amides is 1. The Bertz CT molecular complexity index is 687. The van der Waals surface area contributed by atoms with Crippen molar-refractivity contribution >= 4 is 17.7 Å². The number of rotatable bonds is 6. The predicted octanol–water partition coefficient (Wildman–Crippen LogP) is 2.04. The molecule has 2 aromatic heterocycles. The average Bonchev–Trinajstić information content (AvgIpc) is 2.64. The molecule has 2 aromatic rings. The van der Waals surface area contributed by atoms with E-state index in [2.05, 4.69) is 20.3 Å². The molecule has 1 amide bonds. The highest BCUT2D eigenvalue weighted by Crippen LogP contribution is 2.22. The first-order valence-electron chi connectivity index (χ1n) is 8.51. The summed E-state index contributed by atoms with van der Waals surface area (Å²) < 4.78 is 4.92. The molecule has 0 atom stereocenters. The van der Waals surface area contributed by atoms with Crippen LogP contribution < -0.4 is 5.32 Å². The molecule has 1 aliphatic rings. The van der Waals surface area contributed by atoms with Crippen molar-refractivity contribution < 1.29 is 9.53 Å². The van der Waals surface area contributed by atoms with Gasteiger partial charge in [-0.1, -0.05) is 6.07 Å². The molecule has 3 heterocycles. The number of anilines is 2. The lowest BCUT2D eigenvalue weighted by Gasteiger charge is -2.31. The van der Waals surface area contributed by atoms with Crippen molar-refractivity contribution in [2.24, 2.45) is 5.92 Å². The topological polar surface area (TPSA) is 80.2 Å². The van der Waals surface area contributed by atoms with Crippen LogP contribution in [0.2, 0.25) is 0 Å². The zero-order chi connectivity index (χ0) is 17.5. The third-order valence-corrected chi connectivity index (χ3v) is 4.35. The highest BCUT2D eigenvalue weighted by atomic mass is 16.5. The van der Waals surface area contributed by atoms with Crippen LogP contribution in [-0.4, -0.2) is 52.6 Å². The first-order valence-corrected chi connectivity index (χ1v) is 8.51. The summed E-state index contributed by atoms with van der Waals surface area (Å²) in [5.41, 5.74) is 1.04. The molecule has 1 fully saturated rings. The summed E-state index contributed by atoms with van der Waals surface area (Å²) in [7, 11) is 1.55. The molecule has 132 valence electrons. The summed E-state index contributed by atoms with van der Waals surface area (Å²) in [6.45, 7) is 1.76. The van der Waals surface area contributed by atoms with Crippen LogP contribution in [0.4, 0.5) is 11.8 Å². The number of aromatic nitrogens is 3. The van der Waals surface area contributed by atoms with Gasteiger partial charge < -0.3 is 15.0 Å². The van der Waals surface area contributed by atoms with E-state index < -0.39 is 0 Å². The summed E-state index contributed by atoms with van der Waals surface area (Å²) in [6, 6.07) is 7.72. The maximum absolute atomic E-state index is 11.8. The predicted molar refractivity (Wildman–Crippen MR) is 94.4 cm³/mol. The minimum atomic E-state index is 0.0770. The quantitative estimate of drug-likeness (QED) is 0.866. The monoisotopic (exact) mass is 341 g/mol. The number of ether oxygens (including phenoxy) is 1. The number of nitrogens with one attached hydrogen (secondary N) is 1. The van der Waals surface area contributed by atoms with Crippen molar-refractivity contribution in [2.75, 3.05) is 32.1 Å². The van der Waals surface area contributed by atoms with E-state index in [4.69, 9.17) is 4.74 Å². The Kier molecular flexibility index (Phi) is 5.90. The van der Waals surface area contributed by atoms with E-state index in [0.29, 0.717) is 11.9 Å². The van der Waals surface area contributed by atoms with Crippen LogP contribution in [-0.2, 0) is 16.0 Å². The zero-order valence-corrected chi connectivity index (χ0v) is 14.4. The molecular weight excluding hydrogens is 318 g/mol. The smallest absolute Gasteiger partial charge is 0.248 e. The Balaban J connectivity index is 1.54. The fourth-order valence-corrected chi connectivity index (χ4v) is 3.04. The van der Waals surface area contributed by atoms with Crippen LogP contribution in [0.25, 0.3) is 0 Å². The molecule has 1 N–H and O–H groups in total. The van der Waals surface area contributed by atoms with Gasteiger partial charge in [0.2, 0.25) is 11.9 Å². The van der Waals surface area contributed by atoms with E-state index in [1.165, 1.54) is 0 Å². The first-order chi connectivity index (χ1) is 12.2. The van der Waals surface area contributed by atoms with Gasteiger partial charge >= 0.3 is 0 Å².